The molecular weight excluding hydrogens is 387 g/mol. The molecule has 108 valence electrons. The molecule has 0 unspecified atom stereocenters. The van der Waals surface area contributed by atoms with Crippen LogP contribution in [-0.4, -0.2) is 23.5 Å². The molecule has 1 amide bonds. The number of para-hydroxylation sites is 1. The minimum Gasteiger partial charge on any atom is -0.452 e. The largest absolute Gasteiger partial charge is 0.452 e. The van der Waals surface area contributed by atoms with E-state index in [9.17, 15) is 14.4 Å². The molecule has 2 rings (SSSR count). The molecule has 0 radical (unpaired) electrons. The summed E-state index contributed by atoms with van der Waals surface area (Å²) in [5.74, 6) is -1.31. The fourth-order valence-corrected chi connectivity index (χ4v) is 2.06. The highest BCUT2D eigenvalue weighted by atomic mass is 127. The van der Waals surface area contributed by atoms with Crippen LogP contribution in [0.4, 0.5) is 5.69 Å². The van der Waals surface area contributed by atoms with Crippen LogP contribution in [0.1, 0.15) is 10.4 Å². The molecule has 2 aromatic rings. The second kappa shape index (κ2) is 7.02. The van der Waals surface area contributed by atoms with Gasteiger partial charge in [0.1, 0.15) is 5.56 Å². The summed E-state index contributed by atoms with van der Waals surface area (Å²) < 4.78 is 5.68. The number of aromatic nitrogens is 1. The van der Waals surface area contributed by atoms with E-state index >= 15 is 0 Å². The van der Waals surface area contributed by atoms with Gasteiger partial charge in [0.2, 0.25) is 0 Å². The highest BCUT2D eigenvalue weighted by Gasteiger charge is 2.13. The number of nitrogens with one attached hydrogen (secondary N) is 2. The first-order chi connectivity index (χ1) is 10.1. The Hall–Kier alpha value is -2.16. The fraction of sp³-hybridized carbons (Fsp3) is 0.0714. The molecule has 0 aliphatic carbocycles. The number of pyridine rings is 1. The lowest BCUT2D eigenvalue weighted by atomic mass is 10.3. The van der Waals surface area contributed by atoms with Gasteiger partial charge in [-0.2, -0.15) is 0 Å². The minimum absolute atomic E-state index is 0.139. The van der Waals surface area contributed by atoms with Gasteiger partial charge in [-0.1, -0.05) is 12.1 Å². The maximum absolute atomic E-state index is 11.7. The van der Waals surface area contributed by atoms with Gasteiger partial charge < -0.3 is 15.0 Å². The lowest BCUT2D eigenvalue weighted by molar-refractivity contribution is -0.119. The molecule has 7 heteroatoms. The Labute approximate surface area is 133 Å². The van der Waals surface area contributed by atoms with Gasteiger partial charge in [-0.15, -0.1) is 0 Å². The zero-order valence-corrected chi connectivity index (χ0v) is 12.9. The van der Waals surface area contributed by atoms with Crippen molar-refractivity contribution >= 4 is 40.2 Å². The van der Waals surface area contributed by atoms with Crippen LogP contribution in [0.15, 0.2) is 47.4 Å². The van der Waals surface area contributed by atoms with E-state index in [1.807, 2.05) is 12.1 Å². The van der Waals surface area contributed by atoms with Crippen LogP contribution in [-0.2, 0) is 9.53 Å². The highest BCUT2D eigenvalue weighted by Crippen LogP contribution is 2.16. The van der Waals surface area contributed by atoms with E-state index in [4.69, 9.17) is 4.74 Å². The van der Waals surface area contributed by atoms with Crippen molar-refractivity contribution in [3.05, 3.63) is 62.1 Å². The van der Waals surface area contributed by atoms with E-state index < -0.39 is 24.0 Å². The van der Waals surface area contributed by atoms with Crippen molar-refractivity contribution in [2.45, 2.75) is 0 Å². The number of anilines is 1. The molecule has 0 bridgehead atoms. The molecule has 0 spiro atoms. The van der Waals surface area contributed by atoms with Crippen LogP contribution in [0.5, 0.6) is 0 Å². The summed E-state index contributed by atoms with van der Waals surface area (Å²) in [6.45, 7) is -0.460. The summed E-state index contributed by atoms with van der Waals surface area (Å²) in [7, 11) is 0. The maximum atomic E-state index is 11.7. The van der Waals surface area contributed by atoms with E-state index in [0.717, 1.165) is 3.57 Å². The number of rotatable bonds is 4. The van der Waals surface area contributed by atoms with Crippen molar-refractivity contribution in [2.24, 2.45) is 0 Å². The van der Waals surface area contributed by atoms with Crippen LogP contribution in [0, 0.1) is 3.57 Å². The first kappa shape index (κ1) is 15.2. The molecule has 0 aliphatic rings. The van der Waals surface area contributed by atoms with Crippen molar-refractivity contribution in [2.75, 3.05) is 11.9 Å². The number of benzene rings is 1. The number of H-pyrrole nitrogens is 1. The molecule has 6 nitrogen and oxygen atoms in total. The number of halogens is 1. The van der Waals surface area contributed by atoms with Gasteiger partial charge in [0.25, 0.3) is 11.5 Å². The summed E-state index contributed by atoms with van der Waals surface area (Å²) >= 11 is 2.08. The van der Waals surface area contributed by atoms with Crippen molar-refractivity contribution in [1.29, 1.82) is 0 Å². The molecule has 1 aromatic carbocycles. The second-order valence-electron chi connectivity index (χ2n) is 4.02. The van der Waals surface area contributed by atoms with Crippen LogP contribution in [0.25, 0.3) is 0 Å². The average molecular weight is 398 g/mol. The summed E-state index contributed by atoms with van der Waals surface area (Å²) in [5, 5.41) is 2.62. The molecule has 2 N–H and O–H groups in total. The lowest BCUT2D eigenvalue weighted by Gasteiger charge is -2.07. The Balaban J connectivity index is 1.93. The zero-order valence-electron chi connectivity index (χ0n) is 10.8. The van der Waals surface area contributed by atoms with Crippen LogP contribution >= 0.6 is 22.6 Å². The van der Waals surface area contributed by atoms with Crippen LogP contribution < -0.4 is 10.9 Å². The Morgan fingerprint density at radius 1 is 1.19 bits per heavy atom. The number of amides is 1. The molecule has 0 saturated carbocycles. The molecule has 1 heterocycles. The SMILES string of the molecule is O=C(COC(=O)c1ccc[nH]c1=O)Nc1ccccc1I. The lowest BCUT2D eigenvalue weighted by Crippen LogP contribution is -2.24. The summed E-state index contributed by atoms with van der Waals surface area (Å²) in [6, 6.07) is 10.0. The van der Waals surface area contributed by atoms with E-state index in [2.05, 4.69) is 32.9 Å². The van der Waals surface area contributed by atoms with Crippen molar-refractivity contribution < 1.29 is 14.3 Å². The maximum Gasteiger partial charge on any atom is 0.344 e. The highest BCUT2D eigenvalue weighted by molar-refractivity contribution is 14.1. The average Bonchev–Trinajstić information content (AvgIpc) is 2.48. The fourth-order valence-electron chi connectivity index (χ4n) is 1.54. The summed E-state index contributed by atoms with van der Waals surface area (Å²) in [6.07, 6.45) is 1.41. The first-order valence-corrected chi connectivity index (χ1v) is 7.05. The van der Waals surface area contributed by atoms with E-state index in [1.165, 1.54) is 18.3 Å². The third-order valence-corrected chi connectivity index (χ3v) is 3.46. The standard InChI is InChI=1S/C14H11IN2O4/c15-10-5-1-2-6-11(10)17-12(18)8-21-14(20)9-4-3-7-16-13(9)19/h1-7H,8H2,(H,16,19)(H,17,18). The van der Waals surface area contributed by atoms with Gasteiger partial charge in [0.15, 0.2) is 6.61 Å². The predicted octanol–water partition coefficient (Wildman–Crippen LogP) is 1.78. The Kier molecular flexibility index (Phi) is 5.09. The third-order valence-electron chi connectivity index (χ3n) is 2.52. The molecule has 21 heavy (non-hydrogen) atoms. The number of aromatic amines is 1. The van der Waals surface area contributed by atoms with Crippen LogP contribution in [0.3, 0.4) is 0 Å². The number of esters is 1. The minimum atomic E-state index is -0.838. The van der Waals surface area contributed by atoms with Crippen LogP contribution in [0.2, 0.25) is 0 Å². The van der Waals surface area contributed by atoms with Gasteiger partial charge in [0, 0.05) is 9.77 Å². The molecule has 0 aliphatic heterocycles. The van der Waals surface area contributed by atoms with Gasteiger partial charge in [-0.3, -0.25) is 9.59 Å². The molecule has 0 atom stereocenters. The molecule has 0 saturated heterocycles. The summed E-state index contributed by atoms with van der Waals surface area (Å²) in [4.78, 5) is 37.1. The number of carbonyl (C=O) groups excluding carboxylic acids is 2. The quantitative estimate of drug-likeness (QED) is 0.607. The summed E-state index contributed by atoms with van der Waals surface area (Å²) in [5.41, 5.74) is -0.0585. The number of hydrogen-bond donors (Lipinski definition) is 2. The normalized spacial score (nSPS) is 9.95. The first-order valence-electron chi connectivity index (χ1n) is 5.97. The van der Waals surface area contributed by atoms with Gasteiger partial charge in [-0.25, -0.2) is 4.79 Å². The third kappa shape index (κ3) is 4.15. The number of hydrogen-bond acceptors (Lipinski definition) is 4. The molecular formula is C14H11IN2O4. The predicted molar refractivity (Wildman–Crippen MR) is 85.1 cm³/mol. The topological polar surface area (TPSA) is 88.3 Å². The number of carbonyl (C=O) groups is 2. The van der Waals surface area contributed by atoms with Crippen molar-refractivity contribution in [3.8, 4) is 0 Å². The molecule has 1 aromatic heterocycles. The monoisotopic (exact) mass is 398 g/mol. The number of ether oxygens (including phenoxy) is 1. The van der Waals surface area contributed by atoms with E-state index in [-0.39, 0.29) is 5.56 Å². The smallest absolute Gasteiger partial charge is 0.344 e. The van der Waals surface area contributed by atoms with Gasteiger partial charge >= 0.3 is 5.97 Å². The van der Waals surface area contributed by atoms with E-state index in [1.54, 1.807) is 12.1 Å². The Morgan fingerprint density at radius 2 is 1.95 bits per heavy atom. The zero-order chi connectivity index (χ0) is 15.2. The second-order valence-corrected chi connectivity index (χ2v) is 5.18. The van der Waals surface area contributed by atoms with E-state index in [0.29, 0.717) is 5.69 Å². The molecule has 0 fully saturated rings. The Bertz CT molecular complexity index is 727. The van der Waals surface area contributed by atoms with Crippen molar-refractivity contribution in [1.82, 2.24) is 4.98 Å². The van der Waals surface area contributed by atoms with Crippen molar-refractivity contribution in [3.63, 3.8) is 0 Å². The Morgan fingerprint density at radius 3 is 2.67 bits per heavy atom. The van der Waals surface area contributed by atoms with Gasteiger partial charge in [0.05, 0.1) is 5.69 Å². The van der Waals surface area contributed by atoms with Gasteiger partial charge in [-0.05, 0) is 46.9 Å².